The maximum atomic E-state index is 12.8. The first-order valence-electron chi connectivity index (χ1n) is 6.84. The van der Waals surface area contributed by atoms with Crippen molar-refractivity contribution in [1.82, 2.24) is 4.90 Å². The molecule has 116 valence electrons. The second kappa shape index (κ2) is 7.84. The minimum atomic E-state index is -0.329. The Balaban J connectivity index is 1.84. The van der Waals surface area contributed by atoms with Crippen LogP contribution in [0.5, 0.6) is 5.75 Å². The van der Waals surface area contributed by atoms with Gasteiger partial charge in [0.25, 0.3) is 5.91 Å². The first kappa shape index (κ1) is 16.4. The molecule has 0 atom stereocenters. The normalized spacial score (nSPS) is 10.3. The predicted molar refractivity (Wildman–Crippen MR) is 86.6 cm³/mol. The van der Waals surface area contributed by atoms with Crippen molar-refractivity contribution in [3.05, 3.63) is 59.9 Å². The monoisotopic (exact) mass is 319 g/mol. The highest BCUT2D eigenvalue weighted by Gasteiger charge is 2.10. The third-order valence-corrected chi connectivity index (χ3v) is 3.92. The topological polar surface area (TPSA) is 29.5 Å². The van der Waals surface area contributed by atoms with Gasteiger partial charge < -0.3 is 9.64 Å². The van der Waals surface area contributed by atoms with Gasteiger partial charge in [0, 0.05) is 18.5 Å². The summed E-state index contributed by atoms with van der Waals surface area (Å²) in [4.78, 5) is 14.8. The molecule has 0 radical (unpaired) electrons. The fraction of sp³-hybridized carbons (Fsp3) is 0.235. The molecule has 0 aliphatic carbocycles. The Labute approximate surface area is 134 Å². The minimum absolute atomic E-state index is 0.0645. The zero-order valence-corrected chi connectivity index (χ0v) is 13.4. The van der Waals surface area contributed by atoms with E-state index in [0.717, 1.165) is 5.56 Å². The third-order valence-electron chi connectivity index (χ3n) is 3.18. The van der Waals surface area contributed by atoms with Crippen LogP contribution >= 0.6 is 11.8 Å². The summed E-state index contributed by atoms with van der Waals surface area (Å²) >= 11 is 1.68. The standard InChI is InChI=1S/C17H18FNO2S/c1-19(11-13-3-9-16(22-2)10-4-13)17(20)12-21-15-7-5-14(18)6-8-15/h3-10H,11-12H2,1-2H3. The lowest BCUT2D eigenvalue weighted by molar-refractivity contribution is -0.132. The van der Waals surface area contributed by atoms with Gasteiger partial charge in [0.05, 0.1) is 0 Å². The van der Waals surface area contributed by atoms with Crippen LogP contribution in [0.2, 0.25) is 0 Å². The predicted octanol–water partition coefficient (Wildman–Crippen LogP) is 3.59. The number of hydrogen-bond acceptors (Lipinski definition) is 3. The number of rotatable bonds is 6. The molecule has 0 saturated carbocycles. The molecule has 1 amide bonds. The third kappa shape index (κ3) is 4.77. The first-order valence-corrected chi connectivity index (χ1v) is 8.06. The highest BCUT2D eigenvalue weighted by atomic mass is 32.2. The molecule has 0 N–H and O–H groups in total. The van der Waals surface area contributed by atoms with Crippen LogP contribution in [0.4, 0.5) is 4.39 Å². The van der Waals surface area contributed by atoms with Gasteiger partial charge in [0.2, 0.25) is 0 Å². The van der Waals surface area contributed by atoms with E-state index in [2.05, 4.69) is 0 Å². The number of likely N-dealkylation sites (N-methyl/N-ethyl adjacent to an activating group) is 1. The smallest absolute Gasteiger partial charge is 0.260 e. The molecular weight excluding hydrogens is 301 g/mol. The Morgan fingerprint density at radius 3 is 2.36 bits per heavy atom. The number of hydrogen-bond donors (Lipinski definition) is 0. The Hall–Kier alpha value is -2.01. The van der Waals surface area contributed by atoms with Gasteiger partial charge in [-0.3, -0.25) is 4.79 Å². The van der Waals surface area contributed by atoms with Gasteiger partial charge in [0.15, 0.2) is 6.61 Å². The summed E-state index contributed by atoms with van der Waals surface area (Å²) in [5.41, 5.74) is 1.07. The van der Waals surface area contributed by atoms with E-state index in [0.29, 0.717) is 12.3 Å². The highest BCUT2D eigenvalue weighted by molar-refractivity contribution is 7.98. The van der Waals surface area contributed by atoms with E-state index in [1.54, 1.807) is 23.7 Å². The van der Waals surface area contributed by atoms with Crippen LogP contribution in [0.25, 0.3) is 0 Å². The molecule has 0 aliphatic rings. The van der Waals surface area contributed by atoms with E-state index in [4.69, 9.17) is 4.74 Å². The molecular formula is C17H18FNO2S. The Morgan fingerprint density at radius 2 is 1.77 bits per heavy atom. The zero-order chi connectivity index (χ0) is 15.9. The lowest BCUT2D eigenvalue weighted by Crippen LogP contribution is -2.30. The number of nitrogens with zero attached hydrogens (tertiary/aromatic N) is 1. The average Bonchev–Trinajstić information content (AvgIpc) is 2.54. The van der Waals surface area contributed by atoms with E-state index in [9.17, 15) is 9.18 Å². The molecule has 3 nitrogen and oxygen atoms in total. The van der Waals surface area contributed by atoms with E-state index >= 15 is 0 Å². The minimum Gasteiger partial charge on any atom is -0.484 e. The number of amides is 1. The van der Waals surface area contributed by atoms with Crippen LogP contribution in [0, 0.1) is 5.82 Å². The molecule has 0 heterocycles. The van der Waals surface area contributed by atoms with Crippen LogP contribution < -0.4 is 4.74 Å². The number of carbonyl (C=O) groups is 1. The fourth-order valence-corrected chi connectivity index (χ4v) is 2.29. The highest BCUT2D eigenvalue weighted by Crippen LogP contribution is 2.16. The average molecular weight is 319 g/mol. The molecule has 0 bridgehead atoms. The van der Waals surface area contributed by atoms with Crippen LogP contribution in [0.15, 0.2) is 53.4 Å². The Morgan fingerprint density at radius 1 is 1.14 bits per heavy atom. The molecule has 0 saturated heterocycles. The first-order chi connectivity index (χ1) is 10.6. The summed E-state index contributed by atoms with van der Waals surface area (Å²) in [6, 6.07) is 13.7. The number of thioether (sulfide) groups is 1. The number of carbonyl (C=O) groups excluding carboxylic acids is 1. The Bertz CT molecular complexity index is 614. The SMILES string of the molecule is CSc1ccc(CN(C)C(=O)COc2ccc(F)cc2)cc1. The van der Waals surface area contributed by atoms with Gasteiger partial charge in [-0.25, -0.2) is 4.39 Å². The van der Waals surface area contributed by atoms with Crippen LogP contribution in [0.3, 0.4) is 0 Å². The number of benzene rings is 2. The molecule has 0 aromatic heterocycles. The molecule has 2 rings (SSSR count). The summed E-state index contributed by atoms with van der Waals surface area (Å²) in [6.45, 7) is 0.464. The quantitative estimate of drug-likeness (QED) is 0.762. The van der Waals surface area contributed by atoms with Gasteiger partial charge >= 0.3 is 0 Å². The maximum Gasteiger partial charge on any atom is 0.260 e. The van der Waals surface area contributed by atoms with Gasteiger partial charge in [-0.15, -0.1) is 11.8 Å². The molecule has 0 spiro atoms. The van der Waals surface area contributed by atoms with Crippen molar-refractivity contribution in [3.63, 3.8) is 0 Å². The van der Waals surface area contributed by atoms with Crippen molar-refractivity contribution in [2.45, 2.75) is 11.4 Å². The van der Waals surface area contributed by atoms with Gasteiger partial charge in [-0.2, -0.15) is 0 Å². The fourth-order valence-electron chi connectivity index (χ4n) is 1.88. The van der Waals surface area contributed by atoms with Crippen LogP contribution in [-0.2, 0) is 11.3 Å². The van der Waals surface area contributed by atoms with Crippen molar-refractivity contribution in [2.75, 3.05) is 19.9 Å². The molecule has 5 heteroatoms. The van der Waals surface area contributed by atoms with E-state index < -0.39 is 0 Å². The summed E-state index contributed by atoms with van der Waals surface area (Å²) in [5, 5.41) is 0. The van der Waals surface area contributed by atoms with Crippen molar-refractivity contribution >= 4 is 17.7 Å². The van der Waals surface area contributed by atoms with Gasteiger partial charge in [0.1, 0.15) is 11.6 Å². The molecule has 0 unspecified atom stereocenters. The van der Waals surface area contributed by atoms with Crippen LogP contribution in [0.1, 0.15) is 5.56 Å². The summed E-state index contributed by atoms with van der Waals surface area (Å²) in [5.74, 6) is 0.0234. The van der Waals surface area contributed by atoms with Gasteiger partial charge in [-0.05, 0) is 48.2 Å². The molecule has 0 aliphatic heterocycles. The largest absolute Gasteiger partial charge is 0.484 e. The van der Waals surface area contributed by atoms with Crippen molar-refractivity contribution in [1.29, 1.82) is 0 Å². The van der Waals surface area contributed by atoms with Crippen molar-refractivity contribution in [2.24, 2.45) is 0 Å². The molecule has 0 fully saturated rings. The Kier molecular flexibility index (Phi) is 5.83. The van der Waals surface area contributed by atoms with E-state index in [1.165, 1.54) is 29.2 Å². The van der Waals surface area contributed by atoms with Gasteiger partial charge in [-0.1, -0.05) is 12.1 Å². The second-order valence-electron chi connectivity index (χ2n) is 4.84. The summed E-state index contributed by atoms with van der Waals surface area (Å²) in [6.07, 6.45) is 2.03. The van der Waals surface area contributed by atoms with Crippen molar-refractivity contribution in [3.8, 4) is 5.75 Å². The van der Waals surface area contributed by atoms with E-state index in [-0.39, 0.29) is 18.3 Å². The molecule has 22 heavy (non-hydrogen) atoms. The van der Waals surface area contributed by atoms with Crippen molar-refractivity contribution < 1.29 is 13.9 Å². The second-order valence-corrected chi connectivity index (χ2v) is 5.72. The molecule has 2 aromatic rings. The van der Waals surface area contributed by atoms with E-state index in [1.807, 2.05) is 30.5 Å². The maximum absolute atomic E-state index is 12.8. The lowest BCUT2D eigenvalue weighted by Gasteiger charge is -2.17. The summed E-state index contributed by atoms with van der Waals surface area (Å²) < 4.78 is 18.1. The van der Waals surface area contributed by atoms with Crippen LogP contribution in [-0.4, -0.2) is 30.7 Å². The zero-order valence-electron chi connectivity index (χ0n) is 12.6. The lowest BCUT2D eigenvalue weighted by atomic mass is 10.2. The molecule has 2 aromatic carbocycles. The number of ether oxygens (including phenoxy) is 1. The number of halogens is 1. The summed E-state index contributed by atoms with van der Waals surface area (Å²) in [7, 11) is 1.73.